The van der Waals surface area contributed by atoms with Crippen LogP contribution in [0.3, 0.4) is 0 Å². The van der Waals surface area contributed by atoms with Crippen LogP contribution in [-0.4, -0.2) is 23.4 Å². The van der Waals surface area contributed by atoms with Crippen molar-refractivity contribution in [3.63, 3.8) is 0 Å². The lowest BCUT2D eigenvalue weighted by atomic mass is 10.0. The van der Waals surface area contributed by atoms with Crippen molar-refractivity contribution in [2.24, 2.45) is 0 Å². The van der Waals surface area contributed by atoms with Crippen molar-refractivity contribution in [2.45, 2.75) is 39.7 Å². The molecule has 4 heteroatoms. The third kappa shape index (κ3) is 4.81. The van der Waals surface area contributed by atoms with Gasteiger partial charge in [-0.15, -0.1) is 0 Å². The molecule has 0 unspecified atom stereocenters. The lowest BCUT2D eigenvalue weighted by Crippen LogP contribution is -2.15. The van der Waals surface area contributed by atoms with Gasteiger partial charge in [-0.1, -0.05) is 25.5 Å². The number of nitrogens with zero attached hydrogens (tertiary/aromatic N) is 1. The summed E-state index contributed by atoms with van der Waals surface area (Å²) in [5.74, 6) is 1.29. The van der Waals surface area contributed by atoms with Gasteiger partial charge >= 0.3 is 0 Å². The highest BCUT2D eigenvalue weighted by Gasteiger charge is 2.15. The Labute approximate surface area is 137 Å². The molecule has 1 aromatic heterocycles. The molecule has 1 aromatic carbocycles. The second kappa shape index (κ2) is 8.32. The summed E-state index contributed by atoms with van der Waals surface area (Å²) in [5.41, 5.74) is 1.19. The van der Waals surface area contributed by atoms with Crippen LogP contribution in [0, 0.1) is 0 Å². The number of ketones is 1. The Morgan fingerprint density at radius 3 is 2.83 bits per heavy atom. The number of nitrogens with one attached hydrogen (secondary N) is 1. The molecule has 122 valence electrons. The van der Waals surface area contributed by atoms with E-state index in [1.807, 2.05) is 26.0 Å². The minimum Gasteiger partial charge on any atom is -0.494 e. The average molecular weight is 312 g/mol. The van der Waals surface area contributed by atoms with E-state index in [-0.39, 0.29) is 11.8 Å². The first-order valence-electron chi connectivity index (χ1n) is 8.11. The minimum absolute atomic E-state index is 0.0535. The van der Waals surface area contributed by atoms with Crippen LogP contribution in [0.25, 0.3) is 0 Å². The van der Waals surface area contributed by atoms with Gasteiger partial charge in [-0.05, 0) is 44.5 Å². The van der Waals surface area contributed by atoms with Gasteiger partial charge in [0.1, 0.15) is 11.6 Å². The Morgan fingerprint density at radius 2 is 2.09 bits per heavy atom. The molecular weight excluding hydrogens is 288 g/mol. The lowest BCUT2D eigenvalue weighted by molar-refractivity contribution is 0.103. The highest BCUT2D eigenvalue weighted by atomic mass is 16.5. The van der Waals surface area contributed by atoms with Gasteiger partial charge in [0.25, 0.3) is 0 Å². The molecule has 2 aromatic rings. The third-order valence-corrected chi connectivity index (χ3v) is 3.34. The van der Waals surface area contributed by atoms with Crippen molar-refractivity contribution in [3.05, 3.63) is 53.7 Å². The molecule has 0 saturated heterocycles. The Morgan fingerprint density at radius 1 is 1.26 bits per heavy atom. The molecule has 0 spiro atoms. The number of anilines is 1. The summed E-state index contributed by atoms with van der Waals surface area (Å²) in [6, 6.07) is 11.1. The fraction of sp³-hybridized carbons (Fsp3) is 0.368. The van der Waals surface area contributed by atoms with Crippen LogP contribution < -0.4 is 10.1 Å². The fourth-order valence-electron chi connectivity index (χ4n) is 2.19. The standard InChI is InChI=1S/C19H24N2O2/c1-4-5-12-23-16-9-6-8-15(13-16)18(22)17-10-7-11-20-19(17)21-14(2)3/h6-11,13-14H,4-5,12H2,1-3H3,(H,20,21). The average Bonchev–Trinajstić information content (AvgIpc) is 2.55. The summed E-state index contributed by atoms with van der Waals surface area (Å²) in [6.45, 7) is 6.83. The molecule has 0 amide bonds. The van der Waals surface area contributed by atoms with Crippen LogP contribution in [-0.2, 0) is 0 Å². The van der Waals surface area contributed by atoms with Crippen LogP contribution in [0.4, 0.5) is 5.82 Å². The van der Waals surface area contributed by atoms with Crippen LogP contribution in [0.15, 0.2) is 42.6 Å². The summed E-state index contributed by atoms with van der Waals surface area (Å²) in [4.78, 5) is 17.1. The molecule has 1 heterocycles. The van der Waals surface area contributed by atoms with Crippen molar-refractivity contribution in [2.75, 3.05) is 11.9 Å². The maximum Gasteiger partial charge on any atom is 0.196 e. The lowest BCUT2D eigenvalue weighted by Gasteiger charge is -2.13. The first-order chi connectivity index (χ1) is 11.1. The number of aromatic nitrogens is 1. The number of pyridine rings is 1. The molecule has 0 radical (unpaired) electrons. The van der Waals surface area contributed by atoms with Crippen LogP contribution in [0.1, 0.15) is 49.5 Å². The number of rotatable bonds is 8. The topological polar surface area (TPSA) is 51.2 Å². The van der Waals surface area contributed by atoms with E-state index in [9.17, 15) is 4.79 Å². The summed E-state index contributed by atoms with van der Waals surface area (Å²) in [7, 11) is 0. The molecule has 0 aliphatic carbocycles. The number of hydrogen-bond donors (Lipinski definition) is 1. The zero-order chi connectivity index (χ0) is 16.7. The smallest absolute Gasteiger partial charge is 0.196 e. The Bertz CT molecular complexity index is 653. The molecule has 0 atom stereocenters. The highest BCUT2D eigenvalue weighted by molar-refractivity contribution is 6.12. The quantitative estimate of drug-likeness (QED) is 0.583. The van der Waals surface area contributed by atoms with Gasteiger partial charge in [0.05, 0.1) is 12.2 Å². The Kier molecular flexibility index (Phi) is 6.15. The number of ether oxygens (including phenoxy) is 1. The summed E-state index contributed by atoms with van der Waals surface area (Å²) >= 11 is 0. The number of carbonyl (C=O) groups is 1. The van der Waals surface area contributed by atoms with E-state index in [1.54, 1.807) is 30.5 Å². The van der Waals surface area contributed by atoms with Gasteiger partial charge in [0.15, 0.2) is 5.78 Å². The zero-order valence-electron chi connectivity index (χ0n) is 14.0. The van der Waals surface area contributed by atoms with E-state index in [2.05, 4.69) is 17.2 Å². The van der Waals surface area contributed by atoms with Gasteiger partial charge < -0.3 is 10.1 Å². The van der Waals surface area contributed by atoms with E-state index in [0.29, 0.717) is 23.6 Å². The fourth-order valence-corrected chi connectivity index (χ4v) is 2.19. The molecule has 0 bridgehead atoms. The predicted octanol–water partition coefficient (Wildman–Crippen LogP) is 4.31. The minimum atomic E-state index is -0.0535. The van der Waals surface area contributed by atoms with E-state index in [4.69, 9.17) is 4.74 Å². The number of hydrogen-bond acceptors (Lipinski definition) is 4. The molecule has 0 aliphatic heterocycles. The molecular formula is C19H24N2O2. The maximum atomic E-state index is 12.8. The summed E-state index contributed by atoms with van der Waals surface area (Å²) in [6.07, 6.45) is 3.77. The number of unbranched alkanes of at least 4 members (excludes halogenated alkanes) is 1. The molecule has 23 heavy (non-hydrogen) atoms. The van der Waals surface area contributed by atoms with Gasteiger partial charge in [-0.2, -0.15) is 0 Å². The van der Waals surface area contributed by atoms with Crippen molar-refractivity contribution < 1.29 is 9.53 Å². The van der Waals surface area contributed by atoms with Gasteiger partial charge in [0.2, 0.25) is 0 Å². The third-order valence-electron chi connectivity index (χ3n) is 3.34. The summed E-state index contributed by atoms with van der Waals surface area (Å²) in [5, 5.41) is 3.22. The van der Waals surface area contributed by atoms with Crippen LogP contribution >= 0.6 is 0 Å². The first-order valence-corrected chi connectivity index (χ1v) is 8.11. The predicted molar refractivity (Wildman–Crippen MR) is 93.3 cm³/mol. The van der Waals surface area contributed by atoms with Crippen molar-refractivity contribution in [1.29, 1.82) is 0 Å². The van der Waals surface area contributed by atoms with Crippen LogP contribution in [0.2, 0.25) is 0 Å². The van der Waals surface area contributed by atoms with E-state index >= 15 is 0 Å². The molecule has 2 rings (SSSR count). The maximum absolute atomic E-state index is 12.8. The zero-order valence-corrected chi connectivity index (χ0v) is 14.0. The van der Waals surface area contributed by atoms with Gasteiger partial charge in [-0.25, -0.2) is 4.98 Å². The monoisotopic (exact) mass is 312 g/mol. The molecule has 4 nitrogen and oxygen atoms in total. The van der Waals surface area contributed by atoms with E-state index < -0.39 is 0 Å². The number of carbonyl (C=O) groups excluding carboxylic acids is 1. The van der Waals surface area contributed by atoms with Crippen LogP contribution in [0.5, 0.6) is 5.75 Å². The Hall–Kier alpha value is -2.36. The van der Waals surface area contributed by atoms with Gasteiger partial charge in [-0.3, -0.25) is 4.79 Å². The molecule has 0 saturated carbocycles. The Balaban J connectivity index is 2.22. The van der Waals surface area contributed by atoms with Gasteiger partial charge in [0, 0.05) is 17.8 Å². The second-order valence-electron chi connectivity index (χ2n) is 5.76. The molecule has 0 aliphatic rings. The SMILES string of the molecule is CCCCOc1cccc(C(=O)c2cccnc2NC(C)C)c1. The number of benzene rings is 1. The van der Waals surface area contributed by atoms with E-state index in [0.717, 1.165) is 18.6 Å². The van der Waals surface area contributed by atoms with E-state index in [1.165, 1.54) is 0 Å². The second-order valence-corrected chi connectivity index (χ2v) is 5.76. The largest absolute Gasteiger partial charge is 0.494 e. The van der Waals surface area contributed by atoms with Crippen molar-refractivity contribution >= 4 is 11.6 Å². The summed E-state index contributed by atoms with van der Waals surface area (Å²) < 4.78 is 5.68. The first kappa shape index (κ1) is 17.0. The molecule has 1 N–H and O–H groups in total. The van der Waals surface area contributed by atoms with Crippen molar-refractivity contribution in [3.8, 4) is 5.75 Å². The highest BCUT2D eigenvalue weighted by Crippen LogP contribution is 2.21. The molecule has 0 fully saturated rings. The normalized spacial score (nSPS) is 10.6. The van der Waals surface area contributed by atoms with Crippen molar-refractivity contribution in [1.82, 2.24) is 4.98 Å².